The molecule has 1 amide bonds. The molecule has 1 aliphatic rings. The summed E-state index contributed by atoms with van der Waals surface area (Å²) in [5.74, 6) is -1.08. The Hall–Kier alpha value is -2.47. The molecule has 0 bridgehead atoms. The summed E-state index contributed by atoms with van der Waals surface area (Å²) in [5.41, 5.74) is 1.55. The second-order valence-electron chi connectivity index (χ2n) is 6.63. The highest BCUT2D eigenvalue weighted by atomic mass is 32.2. The third kappa shape index (κ3) is 3.70. The molecule has 6 heteroatoms. The average Bonchev–Trinajstić information content (AvgIpc) is 2.95. The first kappa shape index (κ1) is 18.3. The van der Waals surface area contributed by atoms with Crippen LogP contribution < -0.4 is 4.90 Å². The largest absolute Gasteiger partial charge is 0.300 e. The minimum absolute atomic E-state index is 0.0851. The number of anilines is 1. The molecule has 3 rings (SSSR count). The van der Waals surface area contributed by atoms with Crippen molar-refractivity contribution in [3.05, 3.63) is 77.0 Å². The Bertz CT molecular complexity index is 949. The van der Waals surface area contributed by atoms with Crippen LogP contribution in [-0.4, -0.2) is 26.1 Å². The van der Waals surface area contributed by atoms with E-state index in [1.165, 1.54) is 29.2 Å². The van der Waals surface area contributed by atoms with Crippen molar-refractivity contribution in [2.24, 2.45) is 0 Å². The van der Waals surface area contributed by atoms with Crippen molar-refractivity contribution >= 4 is 21.4 Å². The molecular formula is C20H20FNO3S. The molecule has 1 heterocycles. The fraction of sp³-hybridized carbons (Fsp3) is 0.250. The molecule has 0 fully saturated rings. The van der Waals surface area contributed by atoms with Gasteiger partial charge in [-0.1, -0.05) is 38.1 Å². The molecule has 0 saturated heterocycles. The van der Waals surface area contributed by atoms with Crippen molar-refractivity contribution in [1.29, 1.82) is 0 Å². The Labute approximate surface area is 152 Å². The molecule has 0 unspecified atom stereocenters. The first-order valence-corrected chi connectivity index (χ1v) is 10.1. The highest BCUT2D eigenvalue weighted by molar-refractivity contribution is 7.94. The first-order valence-electron chi connectivity index (χ1n) is 8.37. The van der Waals surface area contributed by atoms with Gasteiger partial charge in [-0.15, -0.1) is 0 Å². The van der Waals surface area contributed by atoms with Gasteiger partial charge in [0.15, 0.2) is 9.84 Å². The number of benzene rings is 2. The molecule has 0 radical (unpaired) electrons. The van der Waals surface area contributed by atoms with Crippen LogP contribution >= 0.6 is 0 Å². The summed E-state index contributed by atoms with van der Waals surface area (Å²) in [7, 11) is -3.36. The molecule has 0 N–H and O–H groups in total. The topological polar surface area (TPSA) is 54.5 Å². The van der Waals surface area contributed by atoms with Crippen LogP contribution in [-0.2, 0) is 9.84 Å². The maximum absolute atomic E-state index is 14.1. The predicted molar refractivity (Wildman–Crippen MR) is 100 cm³/mol. The Balaban J connectivity index is 2.04. The number of rotatable bonds is 4. The Kier molecular flexibility index (Phi) is 4.96. The van der Waals surface area contributed by atoms with E-state index in [4.69, 9.17) is 0 Å². The molecule has 0 saturated carbocycles. The number of carbonyl (C=O) groups is 1. The molecule has 0 aliphatic carbocycles. The molecule has 1 aliphatic heterocycles. The van der Waals surface area contributed by atoms with Crippen LogP contribution in [0.25, 0.3) is 0 Å². The summed E-state index contributed by atoms with van der Waals surface area (Å²) in [5, 5.41) is 1.11. The van der Waals surface area contributed by atoms with Crippen molar-refractivity contribution in [2.75, 3.05) is 10.7 Å². The maximum atomic E-state index is 14.1. The smallest absolute Gasteiger partial charge is 0.261 e. The Morgan fingerprint density at radius 2 is 1.77 bits per heavy atom. The lowest BCUT2D eigenvalue weighted by Gasteiger charge is -2.28. The van der Waals surface area contributed by atoms with Crippen molar-refractivity contribution in [1.82, 2.24) is 0 Å². The molecule has 0 spiro atoms. The van der Waals surface area contributed by atoms with Crippen molar-refractivity contribution < 1.29 is 17.6 Å². The van der Waals surface area contributed by atoms with Crippen molar-refractivity contribution in [2.45, 2.75) is 25.8 Å². The highest BCUT2D eigenvalue weighted by Crippen LogP contribution is 2.27. The fourth-order valence-electron chi connectivity index (χ4n) is 2.96. The second kappa shape index (κ2) is 7.03. The van der Waals surface area contributed by atoms with Gasteiger partial charge < -0.3 is 4.90 Å². The van der Waals surface area contributed by atoms with Crippen LogP contribution in [0, 0.1) is 5.82 Å². The van der Waals surface area contributed by atoms with Gasteiger partial charge in [-0.05, 0) is 41.8 Å². The second-order valence-corrected chi connectivity index (χ2v) is 8.56. The Morgan fingerprint density at radius 1 is 1.12 bits per heavy atom. The lowest BCUT2D eigenvalue weighted by Crippen LogP contribution is -2.41. The molecule has 136 valence electrons. The zero-order chi connectivity index (χ0) is 18.9. The summed E-state index contributed by atoms with van der Waals surface area (Å²) < 4.78 is 37.8. The SMILES string of the molecule is CC(C)c1ccc(N(C(=O)c2ccccc2F)[C@@H]2C=CS(=O)(=O)C2)cc1. The van der Waals surface area contributed by atoms with Gasteiger partial charge >= 0.3 is 0 Å². The van der Waals surface area contributed by atoms with Gasteiger partial charge in [-0.3, -0.25) is 4.79 Å². The first-order chi connectivity index (χ1) is 12.3. The van der Waals surface area contributed by atoms with Crippen LogP contribution in [0.1, 0.15) is 35.7 Å². The van der Waals surface area contributed by atoms with Gasteiger partial charge in [0.2, 0.25) is 0 Å². The van der Waals surface area contributed by atoms with Gasteiger partial charge in [0, 0.05) is 11.1 Å². The molecular weight excluding hydrogens is 353 g/mol. The van der Waals surface area contributed by atoms with Gasteiger partial charge in [0.05, 0.1) is 17.4 Å². The number of nitrogens with zero attached hydrogens (tertiary/aromatic N) is 1. The minimum atomic E-state index is -3.36. The van der Waals surface area contributed by atoms with E-state index in [-0.39, 0.29) is 11.3 Å². The monoisotopic (exact) mass is 373 g/mol. The molecule has 4 nitrogen and oxygen atoms in total. The number of hydrogen-bond donors (Lipinski definition) is 0. The van der Waals surface area contributed by atoms with E-state index in [0.29, 0.717) is 11.6 Å². The molecule has 1 atom stereocenters. The standard InChI is InChI=1S/C20H20FNO3S/c1-14(2)15-7-9-16(10-8-15)22(17-11-12-26(24,25)13-17)20(23)18-5-3-4-6-19(18)21/h3-12,14,17H,13H2,1-2H3/t17-/m1/s1. The summed E-state index contributed by atoms with van der Waals surface area (Å²) in [6.45, 7) is 4.12. The fourth-order valence-corrected chi connectivity index (χ4v) is 4.23. The summed E-state index contributed by atoms with van der Waals surface area (Å²) in [4.78, 5) is 14.4. The van der Waals surface area contributed by atoms with Gasteiger partial charge in [-0.2, -0.15) is 0 Å². The third-order valence-electron chi connectivity index (χ3n) is 4.40. The summed E-state index contributed by atoms with van der Waals surface area (Å²) in [6, 6.07) is 12.4. The summed E-state index contributed by atoms with van der Waals surface area (Å²) >= 11 is 0. The van der Waals surface area contributed by atoms with E-state index in [2.05, 4.69) is 13.8 Å². The third-order valence-corrected chi connectivity index (χ3v) is 5.78. The van der Waals surface area contributed by atoms with Gasteiger partial charge in [0.25, 0.3) is 5.91 Å². The van der Waals surface area contributed by atoms with Gasteiger partial charge in [-0.25, -0.2) is 12.8 Å². The quantitative estimate of drug-likeness (QED) is 0.817. The maximum Gasteiger partial charge on any atom is 0.261 e. The van der Waals surface area contributed by atoms with Crippen molar-refractivity contribution in [3.8, 4) is 0 Å². The molecule has 26 heavy (non-hydrogen) atoms. The molecule has 0 aromatic heterocycles. The van der Waals surface area contributed by atoms with E-state index in [1.807, 2.05) is 12.1 Å². The van der Waals surface area contributed by atoms with E-state index >= 15 is 0 Å². The van der Waals surface area contributed by atoms with E-state index in [9.17, 15) is 17.6 Å². The average molecular weight is 373 g/mol. The number of hydrogen-bond acceptors (Lipinski definition) is 3. The van der Waals surface area contributed by atoms with Crippen molar-refractivity contribution in [3.63, 3.8) is 0 Å². The van der Waals surface area contributed by atoms with Crippen LogP contribution in [0.5, 0.6) is 0 Å². The van der Waals surface area contributed by atoms with E-state index in [1.54, 1.807) is 18.2 Å². The normalized spacial score (nSPS) is 18.2. The minimum Gasteiger partial charge on any atom is -0.300 e. The van der Waals surface area contributed by atoms with Crippen LogP contribution in [0.3, 0.4) is 0 Å². The highest BCUT2D eigenvalue weighted by Gasteiger charge is 2.32. The zero-order valence-electron chi connectivity index (χ0n) is 14.6. The van der Waals surface area contributed by atoms with Crippen LogP contribution in [0.4, 0.5) is 10.1 Å². The van der Waals surface area contributed by atoms with Crippen LogP contribution in [0.15, 0.2) is 60.0 Å². The van der Waals surface area contributed by atoms with E-state index in [0.717, 1.165) is 11.0 Å². The van der Waals surface area contributed by atoms with Crippen LogP contribution in [0.2, 0.25) is 0 Å². The zero-order valence-corrected chi connectivity index (χ0v) is 15.4. The number of sulfone groups is 1. The summed E-state index contributed by atoms with van der Waals surface area (Å²) in [6.07, 6.45) is 1.48. The molecule has 2 aromatic carbocycles. The number of amides is 1. The number of halogens is 1. The van der Waals surface area contributed by atoms with E-state index < -0.39 is 27.6 Å². The molecule has 2 aromatic rings. The van der Waals surface area contributed by atoms with Gasteiger partial charge in [0.1, 0.15) is 5.82 Å². The Morgan fingerprint density at radius 3 is 2.31 bits per heavy atom. The number of carbonyl (C=O) groups excluding carboxylic acids is 1. The lowest BCUT2D eigenvalue weighted by molar-refractivity contribution is 0.0979. The predicted octanol–water partition coefficient (Wildman–Crippen LogP) is 3.91. The lowest BCUT2D eigenvalue weighted by atomic mass is 10.0.